The number of Topliss-reactive ketones (excluding diaryl/α,β-unsaturated/α-hetero) is 1. The molecule has 2 N–H and O–H groups in total. The molecule has 1 aromatic heterocycles. The summed E-state index contributed by atoms with van der Waals surface area (Å²) in [5.74, 6) is 0.879. The first-order chi connectivity index (χ1) is 15.4. The number of nitrogens with two attached hydrogens (primary N) is 1. The van der Waals surface area contributed by atoms with Crippen LogP contribution in [0.1, 0.15) is 49.5 Å². The number of benzene rings is 1. The first-order valence-electron chi connectivity index (χ1n) is 10.6. The highest BCUT2D eigenvalue weighted by Crippen LogP contribution is 2.50. The number of carbonyl (C=O) groups is 1. The van der Waals surface area contributed by atoms with Crippen LogP contribution in [0.3, 0.4) is 0 Å². The summed E-state index contributed by atoms with van der Waals surface area (Å²) in [6.45, 7) is 4.23. The number of allylic oxidation sites excluding steroid dienone is 3. The normalized spacial score (nSPS) is 18.8. The molecule has 8 heteroatoms. The van der Waals surface area contributed by atoms with Crippen molar-refractivity contribution < 1.29 is 4.79 Å². The van der Waals surface area contributed by atoms with Gasteiger partial charge in [0.1, 0.15) is 5.82 Å². The predicted molar refractivity (Wildman–Crippen MR) is 134 cm³/mol. The molecule has 1 aromatic carbocycles. The lowest BCUT2D eigenvalue weighted by Crippen LogP contribution is -2.38. The van der Waals surface area contributed by atoms with Gasteiger partial charge in [0.15, 0.2) is 5.78 Å². The second-order valence-electron chi connectivity index (χ2n) is 7.69. The van der Waals surface area contributed by atoms with Crippen LogP contribution in [0.25, 0.3) is 0 Å². The van der Waals surface area contributed by atoms with Crippen LogP contribution in [0.5, 0.6) is 0 Å². The molecular weight excluding hydrogens is 481 g/mol. The SMILES string of the molecule is CCSc1sc(CC)cc1C1C(C#N)=C(N)N(c2cc(Cl)cc(Cl)c2)C2=C1C(=O)CCC2. The molecule has 2 aromatic rings. The smallest absolute Gasteiger partial charge is 0.161 e. The van der Waals surface area contributed by atoms with Crippen LogP contribution in [0.4, 0.5) is 5.69 Å². The van der Waals surface area contributed by atoms with E-state index in [1.54, 1.807) is 46.2 Å². The first kappa shape index (κ1) is 23.3. The van der Waals surface area contributed by atoms with Crippen molar-refractivity contribution in [1.29, 1.82) is 5.26 Å². The van der Waals surface area contributed by atoms with E-state index in [0.29, 0.717) is 45.5 Å². The minimum absolute atomic E-state index is 0.0753. The summed E-state index contributed by atoms with van der Waals surface area (Å²) < 4.78 is 1.15. The maximum absolute atomic E-state index is 13.3. The fourth-order valence-electron chi connectivity index (χ4n) is 4.42. The van der Waals surface area contributed by atoms with E-state index in [2.05, 4.69) is 26.0 Å². The van der Waals surface area contributed by atoms with Gasteiger partial charge < -0.3 is 5.73 Å². The lowest BCUT2D eigenvalue weighted by molar-refractivity contribution is -0.116. The van der Waals surface area contributed by atoms with Crippen LogP contribution in [0, 0.1) is 11.3 Å². The number of halogens is 2. The summed E-state index contributed by atoms with van der Waals surface area (Å²) in [4.78, 5) is 16.4. The standard InChI is InChI=1S/C24H23Cl2N3OS2/c1-3-16-11-17(24(32-16)31-4-2)21-18(12-27)23(28)29(15-9-13(25)8-14(26)10-15)19-6-5-7-20(30)22(19)21/h8-11,21H,3-7,28H2,1-2H3. The Bertz CT molecular complexity index is 1170. The number of thiophene rings is 1. The number of nitrogens with zero attached hydrogens (tertiary/aromatic N) is 2. The van der Waals surface area contributed by atoms with E-state index < -0.39 is 5.92 Å². The Kier molecular flexibility index (Phi) is 6.92. The Morgan fingerprint density at radius 2 is 1.94 bits per heavy atom. The molecule has 4 rings (SSSR count). The minimum Gasteiger partial charge on any atom is -0.384 e. The number of anilines is 1. The van der Waals surface area contributed by atoms with Gasteiger partial charge in [0.2, 0.25) is 0 Å². The van der Waals surface area contributed by atoms with Crippen LogP contribution in [0.15, 0.2) is 51.1 Å². The molecule has 32 heavy (non-hydrogen) atoms. The highest BCUT2D eigenvalue weighted by Gasteiger charge is 2.41. The molecule has 1 unspecified atom stereocenters. The highest BCUT2D eigenvalue weighted by atomic mass is 35.5. The Hall–Kier alpha value is -1.91. The van der Waals surface area contributed by atoms with Crippen molar-refractivity contribution in [2.75, 3.05) is 10.7 Å². The molecule has 4 nitrogen and oxygen atoms in total. The van der Waals surface area contributed by atoms with Gasteiger partial charge in [-0.25, -0.2) is 0 Å². The van der Waals surface area contributed by atoms with E-state index in [9.17, 15) is 10.1 Å². The van der Waals surface area contributed by atoms with Crippen LogP contribution in [-0.4, -0.2) is 11.5 Å². The van der Waals surface area contributed by atoms with Gasteiger partial charge in [0, 0.05) is 32.6 Å². The third-order valence-corrected chi connectivity index (χ3v) is 8.65. The predicted octanol–water partition coefficient (Wildman–Crippen LogP) is 7.03. The zero-order valence-electron chi connectivity index (χ0n) is 17.9. The van der Waals surface area contributed by atoms with Crippen molar-refractivity contribution in [3.05, 3.63) is 67.4 Å². The van der Waals surface area contributed by atoms with E-state index in [-0.39, 0.29) is 5.78 Å². The molecule has 0 spiro atoms. The summed E-state index contributed by atoms with van der Waals surface area (Å²) >= 11 is 16.0. The van der Waals surface area contributed by atoms with Gasteiger partial charge in [-0.15, -0.1) is 23.1 Å². The van der Waals surface area contributed by atoms with Crippen molar-refractivity contribution in [1.82, 2.24) is 0 Å². The largest absolute Gasteiger partial charge is 0.384 e. The number of ketones is 1. The Morgan fingerprint density at radius 1 is 1.22 bits per heavy atom. The number of nitriles is 1. The summed E-state index contributed by atoms with van der Waals surface area (Å²) in [5, 5.41) is 11.2. The van der Waals surface area contributed by atoms with Crippen LogP contribution >= 0.6 is 46.3 Å². The maximum atomic E-state index is 13.3. The number of hydrogen-bond acceptors (Lipinski definition) is 6. The summed E-state index contributed by atoms with van der Waals surface area (Å²) in [7, 11) is 0. The summed E-state index contributed by atoms with van der Waals surface area (Å²) in [6.07, 6.45) is 2.81. The Balaban J connectivity index is 1.98. The van der Waals surface area contributed by atoms with E-state index in [1.807, 2.05) is 0 Å². The average molecular weight is 505 g/mol. The quantitative estimate of drug-likeness (QED) is 0.443. The molecule has 1 aliphatic heterocycles. The number of hydrogen-bond donors (Lipinski definition) is 1. The molecule has 0 saturated heterocycles. The third-order valence-electron chi connectivity index (χ3n) is 5.73. The molecule has 0 fully saturated rings. The van der Waals surface area contributed by atoms with Gasteiger partial charge in [-0.1, -0.05) is 37.0 Å². The van der Waals surface area contributed by atoms with Gasteiger partial charge in [-0.05, 0) is 54.8 Å². The van der Waals surface area contributed by atoms with Gasteiger partial charge in [-0.2, -0.15) is 5.26 Å². The van der Waals surface area contributed by atoms with E-state index in [0.717, 1.165) is 34.1 Å². The van der Waals surface area contributed by atoms with Crippen molar-refractivity contribution in [2.45, 2.75) is 49.7 Å². The Morgan fingerprint density at radius 3 is 2.56 bits per heavy atom. The molecular formula is C24H23Cl2N3OS2. The summed E-state index contributed by atoms with van der Waals surface area (Å²) in [6, 6.07) is 9.66. The second-order valence-corrected chi connectivity index (χ2v) is 11.2. The van der Waals surface area contributed by atoms with E-state index >= 15 is 0 Å². The number of rotatable bonds is 5. The molecule has 0 radical (unpaired) electrons. The zero-order valence-corrected chi connectivity index (χ0v) is 21.0. The lowest BCUT2D eigenvalue weighted by Gasteiger charge is -2.39. The average Bonchev–Trinajstić information content (AvgIpc) is 3.15. The van der Waals surface area contributed by atoms with Crippen LogP contribution < -0.4 is 10.6 Å². The van der Waals surface area contributed by atoms with E-state index in [1.165, 1.54) is 4.88 Å². The molecule has 1 atom stereocenters. The molecule has 0 amide bonds. The molecule has 2 heterocycles. The summed E-state index contributed by atoms with van der Waals surface area (Å²) in [5.41, 5.74) is 10.3. The van der Waals surface area contributed by atoms with Gasteiger partial charge in [-0.3, -0.25) is 9.69 Å². The van der Waals surface area contributed by atoms with Crippen molar-refractivity contribution in [3.63, 3.8) is 0 Å². The Labute approximate surface area is 206 Å². The van der Waals surface area contributed by atoms with Crippen molar-refractivity contribution >= 4 is 57.8 Å². The number of aryl methyl sites for hydroxylation is 1. The van der Waals surface area contributed by atoms with Crippen molar-refractivity contribution in [3.8, 4) is 6.07 Å². The topological polar surface area (TPSA) is 70.1 Å². The fraction of sp³-hybridized carbons (Fsp3) is 0.333. The molecule has 0 bridgehead atoms. The fourth-order valence-corrected chi connectivity index (χ4v) is 7.31. The second kappa shape index (κ2) is 9.52. The molecule has 166 valence electrons. The minimum atomic E-state index is -0.445. The number of thioether (sulfide) groups is 1. The van der Waals surface area contributed by atoms with E-state index in [4.69, 9.17) is 28.9 Å². The molecule has 2 aliphatic rings. The molecule has 0 saturated carbocycles. The van der Waals surface area contributed by atoms with Crippen LogP contribution in [-0.2, 0) is 11.2 Å². The first-order valence-corrected chi connectivity index (χ1v) is 13.1. The van der Waals surface area contributed by atoms with Gasteiger partial charge >= 0.3 is 0 Å². The van der Waals surface area contributed by atoms with Gasteiger partial charge in [0.25, 0.3) is 0 Å². The van der Waals surface area contributed by atoms with Crippen molar-refractivity contribution in [2.24, 2.45) is 5.73 Å². The monoisotopic (exact) mass is 503 g/mol. The maximum Gasteiger partial charge on any atom is 0.161 e. The highest BCUT2D eigenvalue weighted by molar-refractivity contribution is 8.01. The lowest BCUT2D eigenvalue weighted by atomic mass is 9.76. The zero-order chi connectivity index (χ0) is 23.0. The van der Waals surface area contributed by atoms with Gasteiger partial charge in [0.05, 0.1) is 27.5 Å². The van der Waals surface area contributed by atoms with Crippen LogP contribution in [0.2, 0.25) is 10.0 Å². The third kappa shape index (κ3) is 4.08. The molecule has 1 aliphatic carbocycles. The number of carbonyl (C=O) groups excluding carboxylic acids is 1.